The fourth-order valence-electron chi connectivity index (χ4n) is 2.02. The number of anilines is 2. The number of carbonyl (C=O) groups is 1. The van der Waals surface area contributed by atoms with Crippen LogP contribution in [0, 0.1) is 6.92 Å². The van der Waals surface area contributed by atoms with Gasteiger partial charge in [-0.25, -0.2) is 0 Å². The molecule has 0 heterocycles. The maximum Gasteiger partial charge on any atom is 0.248 e. The number of hydrogen-bond donors (Lipinski definition) is 3. The van der Waals surface area contributed by atoms with Crippen molar-refractivity contribution in [3.63, 3.8) is 0 Å². The maximum absolute atomic E-state index is 11.2. The Bertz CT molecular complexity index is 641. The van der Waals surface area contributed by atoms with Gasteiger partial charge in [-0.1, -0.05) is 6.07 Å². The second-order valence-corrected chi connectivity index (χ2v) is 4.68. The molecule has 0 saturated heterocycles. The zero-order valence-electron chi connectivity index (χ0n) is 11.9. The summed E-state index contributed by atoms with van der Waals surface area (Å²) in [4.78, 5) is 11.2. The van der Waals surface area contributed by atoms with E-state index in [-0.39, 0.29) is 0 Å². The third kappa shape index (κ3) is 3.97. The normalized spacial score (nSPS) is 10.2. The van der Waals surface area contributed by atoms with Crippen molar-refractivity contribution in [3.8, 4) is 5.75 Å². The summed E-state index contributed by atoms with van der Waals surface area (Å²) in [7, 11) is 0. The Hall–Kier alpha value is -2.53. The molecule has 0 aliphatic rings. The quantitative estimate of drug-likeness (QED) is 0.758. The van der Waals surface area contributed by atoms with Crippen LogP contribution in [0.3, 0.4) is 0 Å². The standard InChI is InChI=1S/C16H19N3O2/c1-11-9-13(5-6-15(11)16(18)20)19-12-3-2-4-14(10-12)21-8-7-17/h2-6,9-10,19H,7-8,17H2,1H3,(H2,18,20). The lowest BCUT2D eigenvalue weighted by Crippen LogP contribution is -2.12. The second-order valence-electron chi connectivity index (χ2n) is 4.68. The van der Waals surface area contributed by atoms with Gasteiger partial charge in [-0.2, -0.15) is 0 Å². The predicted molar refractivity (Wildman–Crippen MR) is 84.0 cm³/mol. The van der Waals surface area contributed by atoms with Crippen LogP contribution < -0.4 is 21.5 Å². The first-order chi connectivity index (χ1) is 10.1. The second kappa shape index (κ2) is 6.76. The van der Waals surface area contributed by atoms with Crippen LogP contribution >= 0.6 is 0 Å². The molecule has 0 fully saturated rings. The lowest BCUT2D eigenvalue weighted by atomic mass is 10.1. The van der Waals surface area contributed by atoms with Crippen LogP contribution in [0.4, 0.5) is 11.4 Å². The van der Waals surface area contributed by atoms with Crippen LogP contribution in [0.2, 0.25) is 0 Å². The van der Waals surface area contributed by atoms with Gasteiger partial charge in [-0.15, -0.1) is 0 Å². The van der Waals surface area contributed by atoms with E-state index >= 15 is 0 Å². The van der Waals surface area contributed by atoms with Gasteiger partial charge in [-0.05, 0) is 42.8 Å². The Morgan fingerprint density at radius 3 is 2.62 bits per heavy atom. The minimum Gasteiger partial charge on any atom is -0.492 e. The molecule has 0 aromatic heterocycles. The number of benzene rings is 2. The molecule has 110 valence electrons. The van der Waals surface area contributed by atoms with Crippen molar-refractivity contribution in [2.24, 2.45) is 11.5 Å². The third-order valence-corrected chi connectivity index (χ3v) is 3.00. The van der Waals surface area contributed by atoms with Gasteiger partial charge < -0.3 is 21.5 Å². The average Bonchev–Trinajstić information content (AvgIpc) is 2.45. The summed E-state index contributed by atoms with van der Waals surface area (Å²) in [5, 5.41) is 3.26. The van der Waals surface area contributed by atoms with Gasteiger partial charge in [0.05, 0.1) is 0 Å². The molecule has 5 heteroatoms. The smallest absolute Gasteiger partial charge is 0.248 e. The van der Waals surface area contributed by atoms with Gasteiger partial charge in [0.1, 0.15) is 12.4 Å². The highest BCUT2D eigenvalue weighted by atomic mass is 16.5. The summed E-state index contributed by atoms with van der Waals surface area (Å²) >= 11 is 0. The molecule has 0 aliphatic heterocycles. The number of hydrogen-bond acceptors (Lipinski definition) is 4. The molecule has 2 aromatic rings. The molecule has 0 radical (unpaired) electrons. The summed E-state index contributed by atoms with van der Waals surface area (Å²) in [5.74, 6) is 0.340. The first-order valence-corrected chi connectivity index (χ1v) is 6.70. The lowest BCUT2D eigenvalue weighted by molar-refractivity contribution is 0.1000. The van der Waals surface area contributed by atoms with Gasteiger partial charge in [-0.3, -0.25) is 4.79 Å². The van der Waals surface area contributed by atoms with Crippen molar-refractivity contribution in [1.82, 2.24) is 0 Å². The summed E-state index contributed by atoms with van der Waals surface area (Å²) in [5.41, 5.74) is 13.9. The molecule has 0 saturated carbocycles. The van der Waals surface area contributed by atoms with Crippen LogP contribution in [0.15, 0.2) is 42.5 Å². The number of ether oxygens (including phenoxy) is 1. The fourth-order valence-corrected chi connectivity index (χ4v) is 2.02. The number of nitrogens with two attached hydrogens (primary N) is 2. The van der Waals surface area contributed by atoms with Crippen LogP contribution in [0.25, 0.3) is 0 Å². The molecule has 0 spiro atoms. The van der Waals surface area contributed by atoms with Crippen LogP contribution in [0.1, 0.15) is 15.9 Å². The van der Waals surface area contributed by atoms with E-state index in [1.165, 1.54) is 0 Å². The SMILES string of the molecule is Cc1cc(Nc2cccc(OCCN)c2)ccc1C(N)=O. The van der Waals surface area contributed by atoms with Gasteiger partial charge in [0.2, 0.25) is 5.91 Å². The van der Waals surface area contributed by atoms with Crippen LogP contribution in [-0.2, 0) is 0 Å². The topological polar surface area (TPSA) is 90.4 Å². The van der Waals surface area contributed by atoms with E-state index in [1.807, 2.05) is 43.3 Å². The van der Waals surface area contributed by atoms with E-state index in [0.29, 0.717) is 18.7 Å². The predicted octanol–water partition coefficient (Wildman–Crippen LogP) is 2.18. The van der Waals surface area contributed by atoms with E-state index in [0.717, 1.165) is 22.7 Å². The fraction of sp³-hybridized carbons (Fsp3) is 0.188. The van der Waals surface area contributed by atoms with Gasteiger partial charge in [0.25, 0.3) is 0 Å². The van der Waals surface area contributed by atoms with Crippen molar-refractivity contribution >= 4 is 17.3 Å². The maximum atomic E-state index is 11.2. The summed E-state index contributed by atoms with van der Waals surface area (Å²) < 4.78 is 5.48. The van der Waals surface area contributed by atoms with Crippen LogP contribution in [0.5, 0.6) is 5.75 Å². The zero-order valence-corrected chi connectivity index (χ0v) is 11.9. The van der Waals surface area contributed by atoms with Gasteiger partial charge in [0, 0.05) is 29.5 Å². The molecule has 0 aliphatic carbocycles. The summed E-state index contributed by atoms with van der Waals surface area (Å²) in [6.07, 6.45) is 0. The van der Waals surface area contributed by atoms with E-state index in [9.17, 15) is 4.79 Å². The Balaban J connectivity index is 2.14. The summed E-state index contributed by atoms with van der Waals surface area (Å²) in [6, 6.07) is 13.0. The Labute approximate surface area is 123 Å². The molecular weight excluding hydrogens is 266 g/mol. The molecule has 2 rings (SSSR count). The minimum atomic E-state index is -0.420. The Kier molecular flexibility index (Phi) is 4.79. The van der Waals surface area contributed by atoms with E-state index in [2.05, 4.69) is 5.32 Å². The van der Waals surface area contributed by atoms with Crippen molar-refractivity contribution in [2.45, 2.75) is 6.92 Å². The monoisotopic (exact) mass is 285 g/mol. The van der Waals surface area contributed by atoms with Crippen LogP contribution in [-0.4, -0.2) is 19.1 Å². The number of primary amides is 1. The number of nitrogens with one attached hydrogen (secondary N) is 1. The van der Waals surface area contributed by atoms with E-state index in [1.54, 1.807) is 6.07 Å². The summed E-state index contributed by atoms with van der Waals surface area (Å²) in [6.45, 7) is 2.81. The lowest BCUT2D eigenvalue weighted by Gasteiger charge is -2.11. The van der Waals surface area contributed by atoms with Gasteiger partial charge in [0.15, 0.2) is 0 Å². The largest absolute Gasteiger partial charge is 0.492 e. The van der Waals surface area contributed by atoms with Crippen molar-refractivity contribution in [1.29, 1.82) is 0 Å². The highest BCUT2D eigenvalue weighted by Gasteiger charge is 2.05. The number of rotatable bonds is 6. The third-order valence-electron chi connectivity index (χ3n) is 3.00. The first kappa shape index (κ1) is 14.9. The average molecular weight is 285 g/mol. The zero-order chi connectivity index (χ0) is 15.2. The van der Waals surface area contributed by atoms with Gasteiger partial charge >= 0.3 is 0 Å². The number of amides is 1. The minimum absolute atomic E-state index is 0.420. The number of carbonyl (C=O) groups excluding carboxylic acids is 1. The molecular formula is C16H19N3O2. The molecule has 1 amide bonds. The molecule has 5 nitrogen and oxygen atoms in total. The van der Waals surface area contributed by atoms with E-state index < -0.39 is 5.91 Å². The van der Waals surface area contributed by atoms with Crippen molar-refractivity contribution in [2.75, 3.05) is 18.5 Å². The first-order valence-electron chi connectivity index (χ1n) is 6.70. The molecule has 0 atom stereocenters. The molecule has 0 unspecified atom stereocenters. The highest BCUT2D eigenvalue weighted by molar-refractivity contribution is 5.94. The van der Waals surface area contributed by atoms with Crippen molar-refractivity contribution in [3.05, 3.63) is 53.6 Å². The Morgan fingerprint density at radius 2 is 1.95 bits per heavy atom. The molecule has 0 bridgehead atoms. The highest BCUT2D eigenvalue weighted by Crippen LogP contribution is 2.23. The number of aryl methyl sites for hydroxylation is 1. The molecule has 5 N–H and O–H groups in total. The Morgan fingerprint density at radius 1 is 1.19 bits per heavy atom. The molecule has 21 heavy (non-hydrogen) atoms. The van der Waals surface area contributed by atoms with E-state index in [4.69, 9.17) is 16.2 Å². The molecule has 2 aromatic carbocycles. The van der Waals surface area contributed by atoms with Crippen molar-refractivity contribution < 1.29 is 9.53 Å².